The van der Waals surface area contributed by atoms with E-state index in [2.05, 4.69) is 16.8 Å². The Kier molecular flexibility index (Phi) is 3.97. The third kappa shape index (κ3) is 2.91. The van der Waals surface area contributed by atoms with Crippen molar-refractivity contribution < 1.29 is 4.74 Å². The molecule has 2 N–H and O–H groups in total. The van der Waals surface area contributed by atoms with E-state index < -0.39 is 0 Å². The molecule has 0 aromatic rings. The molecule has 0 spiro atoms. The largest absolute Gasteiger partial charge is 0.381 e. The second kappa shape index (κ2) is 5.25. The average Bonchev–Trinajstić information content (AvgIpc) is 2.17. The van der Waals surface area contributed by atoms with Crippen LogP contribution in [0.25, 0.3) is 0 Å². The van der Waals surface area contributed by atoms with Crippen molar-refractivity contribution in [3.05, 3.63) is 0 Å². The van der Waals surface area contributed by atoms with Crippen LogP contribution in [0.4, 0.5) is 0 Å². The summed E-state index contributed by atoms with van der Waals surface area (Å²) < 4.78 is 5.21. The predicted molar refractivity (Wildman–Crippen MR) is 60.8 cm³/mol. The number of nitrogens with zero attached hydrogens (tertiary/aromatic N) is 2. The van der Waals surface area contributed by atoms with E-state index in [1.165, 1.54) is 26.2 Å². The van der Waals surface area contributed by atoms with E-state index >= 15 is 0 Å². The maximum Gasteiger partial charge on any atom is 0.0528 e. The minimum Gasteiger partial charge on any atom is -0.381 e. The van der Waals surface area contributed by atoms with E-state index in [0.29, 0.717) is 6.04 Å². The van der Waals surface area contributed by atoms with Gasteiger partial charge in [0.1, 0.15) is 0 Å². The van der Waals surface area contributed by atoms with Crippen LogP contribution in [-0.2, 0) is 4.74 Å². The molecule has 0 aliphatic carbocycles. The second-order valence-electron chi connectivity index (χ2n) is 4.87. The first-order chi connectivity index (χ1) is 7.29. The molecule has 0 bridgehead atoms. The normalized spacial score (nSPS) is 30.4. The summed E-state index contributed by atoms with van der Waals surface area (Å²) >= 11 is 0. The molecule has 88 valence electrons. The lowest BCUT2D eigenvalue weighted by molar-refractivity contribution is -0.0543. The van der Waals surface area contributed by atoms with Gasteiger partial charge in [0.15, 0.2) is 0 Å². The lowest BCUT2D eigenvalue weighted by Gasteiger charge is -2.42. The Hall–Kier alpha value is -0.160. The zero-order valence-corrected chi connectivity index (χ0v) is 9.69. The van der Waals surface area contributed by atoms with Crippen molar-refractivity contribution in [2.75, 3.05) is 53.0 Å². The number of likely N-dealkylation sites (N-methyl/N-ethyl adjacent to an activating group) is 1. The van der Waals surface area contributed by atoms with Crippen LogP contribution in [0, 0.1) is 5.92 Å². The van der Waals surface area contributed by atoms with Gasteiger partial charge < -0.3 is 20.3 Å². The summed E-state index contributed by atoms with van der Waals surface area (Å²) in [6.07, 6.45) is 1.12. The molecule has 1 atom stereocenters. The fraction of sp³-hybridized carbons (Fsp3) is 1.00. The van der Waals surface area contributed by atoms with E-state index in [0.717, 1.165) is 32.1 Å². The van der Waals surface area contributed by atoms with E-state index in [4.69, 9.17) is 10.5 Å². The third-order valence-corrected chi connectivity index (χ3v) is 3.58. The first-order valence-electron chi connectivity index (χ1n) is 6.00. The van der Waals surface area contributed by atoms with Crippen molar-refractivity contribution >= 4 is 0 Å². The highest BCUT2D eigenvalue weighted by Crippen LogP contribution is 2.16. The summed E-state index contributed by atoms with van der Waals surface area (Å²) in [5, 5.41) is 0. The molecule has 0 amide bonds. The highest BCUT2D eigenvalue weighted by atomic mass is 16.5. The Morgan fingerprint density at radius 1 is 1.33 bits per heavy atom. The van der Waals surface area contributed by atoms with Crippen LogP contribution in [0.2, 0.25) is 0 Å². The van der Waals surface area contributed by atoms with Gasteiger partial charge >= 0.3 is 0 Å². The highest BCUT2D eigenvalue weighted by Gasteiger charge is 2.27. The summed E-state index contributed by atoms with van der Waals surface area (Å²) in [4.78, 5) is 5.02. The first-order valence-corrected chi connectivity index (χ1v) is 6.00. The fourth-order valence-corrected chi connectivity index (χ4v) is 2.44. The SMILES string of the molecule is CN1CCN(CC2COC2)CC1CCN. The summed E-state index contributed by atoms with van der Waals surface area (Å²) in [7, 11) is 2.21. The van der Waals surface area contributed by atoms with Gasteiger partial charge in [0, 0.05) is 38.1 Å². The zero-order valence-electron chi connectivity index (χ0n) is 9.69. The third-order valence-electron chi connectivity index (χ3n) is 3.58. The van der Waals surface area contributed by atoms with E-state index in [-0.39, 0.29) is 0 Å². The van der Waals surface area contributed by atoms with Gasteiger partial charge in [-0.25, -0.2) is 0 Å². The lowest BCUT2D eigenvalue weighted by atomic mass is 10.0. The molecule has 2 aliphatic rings. The molecule has 2 saturated heterocycles. The number of ether oxygens (including phenoxy) is 1. The van der Waals surface area contributed by atoms with Crippen LogP contribution in [0.3, 0.4) is 0 Å². The molecule has 2 fully saturated rings. The molecular formula is C11H23N3O. The molecule has 1 unspecified atom stereocenters. The predicted octanol–water partition coefficient (Wildman–Crippen LogP) is -0.402. The van der Waals surface area contributed by atoms with Crippen molar-refractivity contribution in [2.24, 2.45) is 11.7 Å². The molecule has 0 radical (unpaired) electrons. The topological polar surface area (TPSA) is 41.7 Å². The van der Waals surface area contributed by atoms with Gasteiger partial charge in [0.25, 0.3) is 0 Å². The molecule has 0 aromatic carbocycles. The Bertz CT molecular complexity index is 196. The van der Waals surface area contributed by atoms with Crippen molar-refractivity contribution in [3.63, 3.8) is 0 Å². The van der Waals surface area contributed by atoms with Crippen molar-refractivity contribution in [2.45, 2.75) is 12.5 Å². The zero-order chi connectivity index (χ0) is 10.7. The maximum absolute atomic E-state index is 5.64. The minimum absolute atomic E-state index is 0.657. The summed E-state index contributed by atoms with van der Waals surface area (Å²) in [5.74, 6) is 0.784. The van der Waals surface area contributed by atoms with Crippen LogP contribution >= 0.6 is 0 Å². The summed E-state index contributed by atoms with van der Waals surface area (Å²) in [5.41, 5.74) is 5.64. The monoisotopic (exact) mass is 213 g/mol. The fourth-order valence-electron chi connectivity index (χ4n) is 2.44. The average molecular weight is 213 g/mol. The molecule has 4 nitrogen and oxygen atoms in total. The quantitative estimate of drug-likeness (QED) is 0.690. The maximum atomic E-state index is 5.64. The van der Waals surface area contributed by atoms with Crippen LogP contribution in [-0.4, -0.2) is 68.8 Å². The molecule has 0 saturated carbocycles. The molecule has 0 aromatic heterocycles. The van der Waals surface area contributed by atoms with Crippen molar-refractivity contribution in [3.8, 4) is 0 Å². The van der Waals surface area contributed by atoms with Crippen molar-refractivity contribution in [1.82, 2.24) is 9.80 Å². The molecule has 15 heavy (non-hydrogen) atoms. The van der Waals surface area contributed by atoms with Crippen molar-refractivity contribution in [1.29, 1.82) is 0 Å². The minimum atomic E-state index is 0.657. The van der Waals surface area contributed by atoms with Gasteiger partial charge in [0.2, 0.25) is 0 Å². The lowest BCUT2D eigenvalue weighted by Crippen LogP contribution is -2.54. The van der Waals surface area contributed by atoms with Gasteiger partial charge in [-0.15, -0.1) is 0 Å². The summed E-state index contributed by atoms with van der Waals surface area (Å²) in [6.45, 7) is 7.52. The van der Waals surface area contributed by atoms with Gasteiger partial charge in [-0.3, -0.25) is 0 Å². The number of hydrogen-bond acceptors (Lipinski definition) is 4. The van der Waals surface area contributed by atoms with Gasteiger partial charge in [-0.05, 0) is 20.0 Å². The van der Waals surface area contributed by atoms with E-state index in [1.807, 2.05) is 0 Å². The van der Waals surface area contributed by atoms with E-state index in [9.17, 15) is 0 Å². The second-order valence-corrected chi connectivity index (χ2v) is 4.87. The van der Waals surface area contributed by atoms with E-state index in [1.54, 1.807) is 0 Å². The number of hydrogen-bond donors (Lipinski definition) is 1. The molecular weight excluding hydrogens is 190 g/mol. The van der Waals surface area contributed by atoms with Gasteiger partial charge in [-0.2, -0.15) is 0 Å². The Labute approximate surface area is 92.4 Å². The molecule has 2 aliphatic heterocycles. The smallest absolute Gasteiger partial charge is 0.0528 e. The Morgan fingerprint density at radius 3 is 2.73 bits per heavy atom. The van der Waals surface area contributed by atoms with Gasteiger partial charge in [-0.1, -0.05) is 0 Å². The number of nitrogens with two attached hydrogens (primary N) is 1. The number of rotatable bonds is 4. The van der Waals surface area contributed by atoms with Crippen LogP contribution < -0.4 is 5.73 Å². The van der Waals surface area contributed by atoms with Crippen LogP contribution in [0.1, 0.15) is 6.42 Å². The highest BCUT2D eigenvalue weighted by molar-refractivity contribution is 4.82. The molecule has 2 rings (SSSR count). The Morgan fingerprint density at radius 2 is 2.13 bits per heavy atom. The first kappa shape index (κ1) is 11.3. The summed E-state index contributed by atoms with van der Waals surface area (Å²) in [6, 6.07) is 0.657. The molecule has 2 heterocycles. The van der Waals surface area contributed by atoms with Crippen LogP contribution in [0.15, 0.2) is 0 Å². The molecule has 4 heteroatoms. The van der Waals surface area contributed by atoms with Crippen LogP contribution in [0.5, 0.6) is 0 Å². The van der Waals surface area contributed by atoms with Gasteiger partial charge in [0.05, 0.1) is 13.2 Å². The number of piperazine rings is 1. The standard InChI is InChI=1S/C11H23N3O/c1-13-4-5-14(6-10-8-15-9-10)7-11(13)2-3-12/h10-11H,2-9,12H2,1H3. The Balaban J connectivity index is 1.76.